The molecule has 3 heteroatoms. The maximum absolute atomic E-state index is 6.07. The van der Waals surface area contributed by atoms with Crippen molar-refractivity contribution >= 4 is 28.3 Å². The molecule has 0 aliphatic carbocycles. The average Bonchev–Trinajstić information content (AvgIpc) is 2.19. The second kappa shape index (κ2) is 8.14. The van der Waals surface area contributed by atoms with Crippen molar-refractivity contribution in [1.82, 2.24) is 0 Å². The van der Waals surface area contributed by atoms with Crippen LogP contribution in [0.25, 0.3) is 0 Å². The van der Waals surface area contributed by atoms with Gasteiger partial charge in [0.1, 0.15) is 0 Å². The van der Waals surface area contributed by atoms with Crippen LogP contribution in [0.3, 0.4) is 0 Å². The summed E-state index contributed by atoms with van der Waals surface area (Å²) in [5, 5.41) is 0. The Bertz CT molecular complexity index is 261. The molecule has 1 atom stereocenters. The van der Waals surface area contributed by atoms with E-state index in [4.69, 9.17) is 5.73 Å². The molecule has 0 saturated heterocycles. The molecule has 0 aliphatic rings. The first-order chi connectivity index (χ1) is 6.74. The van der Waals surface area contributed by atoms with Crippen LogP contribution >= 0.6 is 28.3 Å². The highest BCUT2D eigenvalue weighted by Crippen LogP contribution is 2.19. The summed E-state index contributed by atoms with van der Waals surface area (Å²) in [6.07, 6.45) is 4.86. The Balaban J connectivity index is 0.00000196. The summed E-state index contributed by atoms with van der Waals surface area (Å²) in [5.74, 6) is 0. The summed E-state index contributed by atoms with van der Waals surface area (Å²) in [7, 11) is 0. The molecule has 1 nitrogen and oxygen atoms in total. The van der Waals surface area contributed by atoms with E-state index in [-0.39, 0.29) is 18.4 Å². The fourth-order valence-electron chi connectivity index (χ4n) is 1.49. The lowest BCUT2D eigenvalue weighted by Gasteiger charge is -2.11. The van der Waals surface area contributed by atoms with Crippen molar-refractivity contribution in [3.05, 3.63) is 34.3 Å². The van der Waals surface area contributed by atoms with Gasteiger partial charge in [0.2, 0.25) is 0 Å². The highest BCUT2D eigenvalue weighted by Gasteiger charge is 2.04. The molecule has 0 aliphatic heterocycles. The van der Waals surface area contributed by atoms with Crippen molar-refractivity contribution in [3.63, 3.8) is 0 Å². The quantitative estimate of drug-likeness (QED) is 0.797. The van der Waals surface area contributed by atoms with Gasteiger partial charge in [0.15, 0.2) is 0 Å². The number of halogens is 2. The van der Waals surface area contributed by atoms with Gasteiger partial charge in [-0.25, -0.2) is 0 Å². The summed E-state index contributed by atoms with van der Waals surface area (Å²) in [6, 6.07) is 8.50. The Morgan fingerprint density at radius 1 is 1.20 bits per heavy atom. The minimum Gasteiger partial charge on any atom is -0.324 e. The van der Waals surface area contributed by atoms with Gasteiger partial charge in [0.05, 0.1) is 0 Å². The lowest BCUT2D eigenvalue weighted by Crippen LogP contribution is -2.09. The van der Waals surface area contributed by atoms with Gasteiger partial charge in [-0.05, 0) is 24.1 Å². The van der Waals surface area contributed by atoms with E-state index in [2.05, 4.69) is 47.1 Å². The van der Waals surface area contributed by atoms with Crippen LogP contribution in [0.5, 0.6) is 0 Å². The monoisotopic (exact) mass is 291 g/mol. The van der Waals surface area contributed by atoms with Crippen molar-refractivity contribution in [2.45, 2.75) is 38.6 Å². The summed E-state index contributed by atoms with van der Waals surface area (Å²) in [4.78, 5) is 0. The molecular weight excluding hydrogens is 273 g/mol. The lowest BCUT2D eigenvalue weighted by molar-refractivity contribution is 0.581. The van der Waals surface area contributed by atoms with Crippen molar-refractivity contribution in [2.24, 2.45) is 5.73 Å². The third-order valence-corrected chi connectivity index (χ3v) is 2.95. The molecule has 1 rings (SSSR count). The molecule has 0 aromatic heterocycles. The maximum Gasteiger partial charge on any atom is 0.0294 e. The lowest BCUT2D eigenvalue weighted by atomic mass is 10.0. The Morgan fingerprint density at radius 3 is 2.33 bits per heavy atom. The van der Waals surface area contributed by atoms with E-state index in [1.54, 1.807) is 0 Å². The zero-order valence-corrected chi connectivity index (χ0v) is 11.5. The van der Waals surface area contributed by atoms with Crippen molar-refractivity contribution in [1.29, 1.82) is 0 Å². The first-order valence-electron chi connectivity index (χ1n) is 5.25. The van der Waals surface area contributed by atoms with E-state index < -0.39 is 0 Å². The predicted molar refractivity (Wildman–Crippen MR) is 72.5 cm³/mol. The molecule has 2 N–H and O–H groups in total. The van der Waals surface area contributed by atoms with Crippen molar-refractivity contribution < 1.29 is 0 Å². The van der Waals surface area contributed by atoms with Gasteiger partial charge in [0, 0.05) is 10.5 Å². The first-order valence-corrected chi connectivity index (χ1v) is 6.04. The minimum atomic E-state index is 0. The van der Waals surface area contributed by atoms with Gasteiger partial charge < -0.3 is 5.73 Å². The van der Waals surface area contributed by atoms with Crippen molar-refractivity contribution in [2.75, 3.05) is 0 Å². The Labute approximate surface area is 107 Å². The van der Waals surface area contributed by atoms with Crippen LogP contribution in [-0.4, -0.2) is 0 Å². The summed E-state index contributed by atoms with van der Waals surface area (Å²) in [5.41, 5.74) is 7.31. The third-order valence-electron chi connectivity index (χ3n) is 2.42. The SMILES string of the molecule is CCCCC[C@@H](N)c1ccc(Br)cc1.Cl. The van der Waals surface area contributed by atoms with E-state index >= 15 is 0 Å². The number of nitrogens with two attached hydrogens (primary N) is 1. The average molecular weight is 293 g/mol. The zero-order valence-electron chi connectivity index (χ0n) is 9.08. The molecule has 0 heterocycles. The fraction of sp³-hybridized carbons (Fsp3) is 0.500. The molecule has 1 aromatic carbocycles. The van der Waals surface area contributed by atoms with E-state index in [1.165, 1.54) is 24.8 Å². The molecule has 0 saturated carbocycles. The van der Waals surface area contributed by atoms with E-state index in [0.29, 0.717) is 0 Å². The largest absolute Gasteiger partial charge is 0.324 e. The standard InChI is InChI=1S/C12H18BrN.ClH/c1-2-3-4-5-12(14)10-6-8-11(13)9-7-10;/h6-9,12H,2-5,14H2,1H3;1H/t12-;/m1./s1. The maximum atomic E-state index is 6.07. The van der Waals surface area contributed by atoms with Crippen molar-refractivity contribution in [3.8, 4) is 0 Å². The molecule has 86 valence electrons. The highest BCUT2D eigenvalue weighted by atomic mass is 79.9. The summed E-state index contributed by atoms with van der Waals surface area (Å²) in [6.45, 7) is 2.21. The molecular formula is C12H19BrClN. The number of rotatable bonds is 5. The molecule has 0 bridgehead atoms. The first kappa shape index (κ1) is 14.9. The number of unbranched alkanes of at least 4 members (excludes halogenated alkanes) is 2. The molecule has 1 aromatic rings. The van der Waals surface area contributed by atoms with Crippen LogP contribution < -0.4 is 5.73 Å². The Morgan fingerprint density at radius 2 is 1.80 bits per heavy atom. The predicted octanol–water partition coefficient (Wildman–Crippen LogP) is 4.45. The van der Waals surface area contributed by atoms with Gasteiger partial charge in [-0.15, -0.1) is 12.4 Å². The van der Waals surface area contributed by atoms with Crippen LogP contribution in [0.2, 0.25) is 0 Å². The molecule has 0 unspecified atom stereocenters. The third kappa shape index (κ3) is 5.55. The fourth-order valence-corrected chi connectivity index (χ4v) is 1.76. The zero-order chi connectivity index (χ0) is 10.4. The normalized spacial score (nSPS) is 11.9. The van der Waals surface area contributed by atoms with Crippen LogP contribution in [0.1, 0.15) is 44.2 Å². The van der Waals surface area contributed by atoms with Gasteiger partial charge in [-0.2, -0.15) is 0 Å². The molecule has 0 radical (unpaired) electrons. The van der Waals surface area contributed by atoms with Crippen LogP contribution in [-0.2, 0) is 0 Å². The topological polar surface area (TPSA) is 26.0 Å². The van der Waals surface area contributed by atoms with Crippen LogP contribution in [0, 0.1) is 0 Å². The van der Waals surface area contributed by atoms with E-state index in [9.17, 15) is 0 Å². The Kier molecular flexibility index (Phi) is 8.12. The van der Waals surface area contributed by atoms with Gasteiger partial charge in [-0.1, -0.05) is 54.2 Å². The smallest absolute Gasteiger partial charge is 0.0294 e. The second-order valence-electron chi connectivity index (χ2n) is 3.65. The van der Waals surface area contributed by atoms with Gasteiger partial charge in [0.25, 0.3) is 0 Å². The van der Waals surface area contributed by atoms with E-state index in [1.807, 2.05) is 0 Å². The summed E-state index contributed by atoms with van der Waals surface area (Å²) < 4.78 is 1.11. The molecule has 15 heavy (non-hydrogen) atoms. The summed E-state index contributed by atoms with van der Waals surface area (Å²) >= 11 is 3.42. The number of hydrogen-bond donors (Lipinski definition) is 1. The van der Waals surface area contributed by atoms with Crippen LogP contribution in [0.15, 0.2) is 28.7 Å². The second-order valence-corrected chi connectivity index (χ2v) is 4.57. The highest BCUT2D eigenvalue weighted by molar-refractivity contribution is 9.10. The molecule has 0 amide bonds. The van der Waals surface area contributed by atoms with Crippen LogP contribution in [0.4, 0.5) is 0 Å². The number of benzene rings is 1. The minimum absolute atomic E-state index is 0. The number of hydrogen-bond acceptors (Lipinski definition) is 1. The molecule has 0 spiro atoms. The van der Waals surface area contributed by atoms with E-state index in [0.717, 1.165) is 10.9 Å². The van der Waals surface area contributed by atoms with Gasteiger partial charge >= 0.3 is 0 Å². The Hall–Kier alpha value is -0.0500. The molecule has 0 fully saturated rings. The van der Waals surface area contributed by atoms with Gasteiger partial charge in [-0.3, -0.25) is 0 Å².